The van der Waals surface area contributed by atoms with Crippen molar-refractivity contribution in [2.75, 3.05) is 26.7 Å². The number of nitrogens with zero attached hydrogens (tertiary/aromatic N) is 2. The number of pyridine rings is 1. The molecule has 1 fully saturated rings. The van der Waals surface area contributed by atoms with Gasteiger partial charge < -0.3 is 5.32 Å². The van der Waals surface area contributed by atoms with E-state index in [0.29, 0.717) is 29.4 Å². The Balaban J connectivity index is 0.00000225. The summed E-state index contributed by atoms with van der Waals surface area (Å²) in [6.07, 6.45) is 4.70. The molecule has 7 heteroatoms. The second-order valence-corrected chi connectivity index (χ2v) is 8.49. The second kappa shape index (κ2) is 8.45. The third kappa shape index (κ3) is 4.31. The number of sulfonamides is 1. The summed E-state index contributed by atoms with van der Waals surface area (Å²) in [6, 6.07) is 7.37. The highest BCUT2D eigenvalue weighted by Gasteiger charge is 2.30. The number of hydrogen-bond donors (Lipinski definition) is 1. The van der Waals surface area contributed by atoms with Gasteiger partial charge >= 0.3 is 0 Å². The zero-order valence-corrected chi connectivity index (χ0v) is 16.4. The molecule has 1 saturated heterocycles. The number of aromatic nitrogens is 1. The van der Waals surface area contributed by atoms with Crippen LogP contribution in [0.4, 0.5) is 0 Å². The molecule has 1 aromatic carbocycles. The van der Waals surface area contributed by atoms with Gasteiger partial charge in [0.1, 0.15) is 4.90 Å². The zero-order valence-electron chi connectivity index (χ0n) is 14.7. The smallest absolute Gasteiger partial charge is 0.245 e. The summed E-state index contributed by atoms with van der Waals surface area (Å²) in [6.45, 7) is 4.14. The molecular weight excluding hydrogens is 358 g/mol. The van der Waals surface area contributed by atoms with Crippen LogP contribution in [-0.2, 0) is 10.0 Å². The van der Waals surface area contributed by atoms with E-state index in [1.54, 1.807) is 22.6 Å². The van der Waals surface area contributed by atoms with Gasteiger partial charge in [0.25, 0.3) is 0 Å². The second-order valence-electron chi connectivity index (χ2n) is 6.58. The molecule has 0 saturated carbocycles. The number of halogens is 1. The quantitative estimate of drug-likeness (QED) is 0.862. The topological polar surface area (TPSA) is 62.3 Å². The summed E-state index contributed by atoms with van der Waals surface area (Å²) in [5, 5.41) is 4.04. The number of rotatable bonds is 5. The van der Waals surface area contributed by atoms with Crippen LogP contribution in [-0.4, -0.2) is 44.4 Å². The van der Waals surface area contributed by atoms with Gasteiger partial charge in [0.05, 0.1) is 5.52 Å². The highest BCUT2D eigenvalue weighted by Crippen LogP contribution is 2.28. The lowest BCUT2D eigenvalue weighted by atomic mass is 9.95. The molecule has 2 aromatic rings. The van der Waals surface area contributed by atoms with Crippen molar-refractivity contribution in [3.05, 3.63) is 36.0 Å². The van der Waals surface area contributed by atoms with Crippen LogP contribution in [0.15, 0.2) is 35.4 Å². The number of para-hydroxylation sites is 1. The van der Waals surface area contributed by atoms with Crippen LogP contribution in [0, 0.1) is 12.8 Å². The fraction of sp³-hybridized carbons (Fsp3) is 0.500. The number of nitrogens with one attached hydrogen (secondary N) is 1. The molecule has 1 aliphatic rings. The van der Waals surface area contributed by atoms with Gasteiger partial charge in [-0.25, -0.2) is 8.42 Å². The summed E-state index contributed by atoms with van der Waals surface area (Å²) in [4.78, 5) is 4.71. The lowest BCUT2D eigenvalue weighted by molar-refractivity contribution is 0.263. The number of hydrogen-bond acceptors (Lipinski definition) is 4. The number of aryl methyl sites for hydroxylation is 1. The van der Waals surface area contributed by atoms with Gasteiger partial charge in [0.15, 0.2) is 0 Å². The average molecular weight is 384 g/mol. The number of piperidine rings is 1. The number of fused-ring (bicyclic) bond motifs is 1. The summed E-state index contributed by atoms with van der Waals surface area (Å²) in [7, 11) is -1.54. The van der Waals surface area contributed by atoms with Crippen LogP contribution in [0.3, 0.4) is 0 Å². The maximum Gasteiger partial charge on any atom is 0.245 e. The van der Waals surface area contributed by atoms with Crippen molar-refractivity contribution < 1.29 is 8.42 Å². The molecule has 0 aliphatic carbocycles. The van der Waals surface area contributed by atoms with Crippen LogP contribution in [0.1, 0.15) is 24.8 Å². The minimum atomic E-state index is -3.49. The predicted molar refractivity (Wildman–Crippen MR) is 104 cm³/mol. The third-order valence-corrected chi connectivity index (χ3v) is 6.73. The first kappa shape index (κ1) is 20.1. The molecule has 5 nitrogen and oxygen atoms in total. The minimum Gasteiger partial charge on any atom is -0.320 e. The number of benzene rings is 1. The SMILES string of the molecule is CNCCC1CCN(S(=O)(=O)c2cccc3cc(C)cnc23)CC1.Cl. The predicted octanol–water partition coefficient (Wildman–Crippen LogP) is 2.98. The van der Waals surface area contributed by atoms with Crippen molar-refractivity contribution in [3.8, 4) is 0 Å². The third-order valence-electron chi connectivity index (χ3n) is 4.80. The lowest BCUT2D eigenvalue weighted by Crippen LogP contribution is -2.39. The van der Waals surface area contributed by atoms with Crippen LogP contribution in [0.25, 0.3) is 10.9 Å². The average Bonchev–Trinajstić information content (AvgIpc) is 2.59. The Kier molecular flexibility index (Phi) is 6.79. The van der Waals surface area contributed by atoms with Crippen LogP contribution >= 0.6 is 12.4 Å². The van der Waals surface area contributed by atoms with E-state index in [4.69, 9.17) is 0 Å². The molecule has 0 bridgehead atoms. The first-order valence-corrected chi connectivity index (χ1v) is 9.96. The minimum absolute atomic E-state index is 0. The zero-order chi connectivity index (χ0) is 17.2. The van der Waals surface area contributed by atoms with Gasteiger partial charge in [-0.2, -0.15) is 4.31 Å². The summed E-state index contributed by atoms with van der Waals surface area (Å²) in [5.74, 6) is 0.609. The van der Waals surface area contributed by atoms with Crippen LogP contribution in [0.5, 0.6) is 0 Å². The normalized spacial score (nSPS) is 16.7. The van der Waals surface area contributed by atoms with E-state index in [-0.39, 0.29) is 12.4 Å². The van der Waals surface area contributed by atoms with Crippen molar-refractivity contribution in [3.63, 3.8) is 0 Å². The Morgan fingerprint density at radius 2 is 2.00 bits per heavy atom. The fourth-order valence-corrected chi connectivity index (χ4v) is 5.01. The standard InChI is InChI=1S/C18H25N3O2S.ClH/c1-14-12-16-4-3-5-17(18(16)20-13-14)24(22,23)21-10-7-15(8-11-21)6-9-19-2;/h3-5,12-13,15,19H,6-11H2,1-2H3;1H. The van der Waals surface area contributed by atoms with Gasteiger partial charge in [0, 0.05) is 24.7 Å². The van der Waals surface area contributed by atoms with Crippen molar-refractivity contribution >= 4 is 33.3 Å². The summed E-state index contributed by atoms with van der Waals surface area (Å²) < 4.78 is 27.8. The maximum absolute atomic E-state index is 13.1. The van der Waals surface area contributed by atoms with Gasteiger partial charge in [0.2, 0.25) is 10.0 Å². The fourth-order valence-electron chi connectivity index (χ4n) is 3.38. The highest BCUT2D eigenvalue weighted by atomic mass is 35.5. The van der Waals surface area contributed by atoms with E-state index in [0.717, 1.165) is 36.8 Å². The highest BCUT2D eigenvalue weighted by molar-refractivity contribution is 7.89. The molecule has 1 aromatic heterocycles. The Hall–Kier alpha value is -1.21. The summed E-state index contributed by atoms with van der Waals surface area (Å²) >= 11 is 0. The Bertz CT molecular complexity index is 818. The monoisotopic (exact) mass is 383 g/mol. The first-order chi connectivity index (χ1) is 11.5. The van der Waals surface area contributed by atoms with E-state index in [2.05, 4.69) is 10.3 Å². The lowest BCUT2D eigenvalue weighted by Gasteiger charge is -2.31. The van der Waals surface area contributed by atoms with Crippen LogP contribution in [0.2, 0.25) is 0 Å². The van der Waals surface area contributed by atoms with Crippen molar-refractivity contribution in [2.24, 2.45) is 5.92 Å². The molecule has 0 atom stereocenters. The first-order valence-electron chi connectivity index (χ1n) is 8.52. The summed E-state index contributed by atoms with van der Waals surface area (Å²) in [5.41, 5.74) is 1.60. The molecule has 0 amide bonds. The molecule has 0 spiro atoms. The van der Waals surface area contributed by atoms with Crippen molar-refractivity contribution in [1.29, 1.82) is 0 Å². The molecule has 0 unspecified atom stereocenters. The largest absolute Gasteiger partial charge is 0.320 e. The van der Waals surface area contributed by atoms with Gasteiger partial charge in [-0.15, -0.1) is 12.4 Å². The van der Waals surface area contributed by atoms with Gasteiger partial charge in [-0.3, -0.25) is 4.98 Å². The molecule has 1 aliphatic heterocycles. The molecule has 1 N–H and O–H groups in total. The van der Waals surface area contributed by atoms with Crippen LogP contribution < -0.4 is 5.32 Å². The van der Waals surface area contributed by atoms with E-state index >= 15 is 0 Å². The molecule has 2 heterocycles. The Morgan fingerprint density at radius 3 is 2.68 bits per heavy atom. The molecular formula is C18H26ClN3O2S. The van der Waals surface area contributed by atoms with E-state index in [9.17, 15) is 8.42 Å². The Labute approximate surface area is 156 Å². The molecule has 25 heavy (non-hydrogen) atoms. The van der Waals surface area contributed by atoms with Gasteiger partial charge in [-0.05, 0) is 63.4 Å². The van der Waals surface area contributed by atoms with Crippen molar-refractivity contribution in [1.82, 2.24) is 14.6 Å². The Morgan fingerprint density at radius 1 is 1.28 bits per heavy atom. The molecule has 0 radical (unpaired) electrons. The van der Waals surface area contributed by atoms with E-state index in [1.165, 1.54) is 0 Å². The van der Waals surface area contributed by atoms with E-state index in [1.807, 2.05) is 26.1 Å². The molecule has 138 valence electrons. The van der Waals surface area contributed by atoms with Gasteiger partial charge in [-0.1, -0.05) is 12.1 Å². The van der Waals surface area contributed by atoms with E-state index < -0.39 is 10.0 Å². The molecule has 3 rings (SSSR count). The maximum atomic E-state index is 13.1. The van der Waals surface area contributed by atoms with Crippen molar-refractivity contribution in [2.45, 2.75) is 31.1 Å².